The van der Waals surface area contributed by atoms with Crippen LogP contribution in [0.1, 0.15) is 37.5 Å². The highest BCUT2D eigenvalue weighted by Crippen LogP contribution is 2.33. The third-order valence-corrected chi connectivity index (χ3v) is 5.46. The molecule has 4 rings (SSSR count). The van der Waals surface area contributed by atoms with Crippen LogP contribution in [-0.2, 0) is 6.42 Å². The van der Waals surface area contributed by atoms with Crippen molar-refractivity contribution in [3.8, 4) is 11.5 Å². The van der Waals surface area contributed by atoms with Gasteiger partial charge in [-0.2, -0.15) is 0 Å². The van der Waals surface area contributed by atoms with Gasteiger partial charge in [0.2, 0.25) is 0 Å². The number of aromatic nitrogens is 3. The van der Waals surface area contributed by atoms with E-state index in [1.165, 1.54) is 12.8 Å². The van der Waals surface area contributed by atoms with Gasteiger partial charge in [-0.1, -0.05) is 12.8 Å². The van der Waals surface area contributed by atoms with Gasteiger partial charge in [0.05, 0.1) is 14.2 Å². The Morgan fingerprint density at radius 3 is 2.60 bits per heavy atom. The van der Waals surface area contributed by atoms with Crippen molar-refractivity contribution >= 4 is 22.9 Å². The molecule has 3 aromatic rings. The normalized spacial score (nSPS) is 14.1. The summed E-state index contributed by atoms with van der Waals surface area (Å²) in [5, 5.41) is 5.74. The molecule has 0 radical (unpaired) electrons. The first-order chi connectivity index (χ1) is 14.7. The zero-order valence-corrected chi connectivity index (χ0v) is 17.4. The fraction of sp³-hybridized carbons (Fsp3) is 0.409. The largest absolute Gasteiger partial charge is 0.497 e. The van der Waals surface area contributed by atoms with Crippen LogP contribution in [0.15, 0.2) is 36.5 Å². The number of nitrogens with zero attached hydrogens (tertiary/aromatic N) is 3. The Morgan fingerprint density at radius 1 is 1.17 bits per heavy atom. The quantitative estimate of drug-likeness (QED) is 0.617. The minimum absolute atomic E-state index is 0.285. The summed E-state index contributed by atoms with van der Waals surface area (Å²) >= 11 is 0. The Bertz CT molecular complexity index is 1000. The van der Waals surface area contributed by atoms with Crippen LogP contribution in [0, 0.1) is 0 Å². The fourth-order valence-electron chi connectivity index (χ4n) is 4.04. The first-order valence-corrected chi connectivity index (χ1v) is 10.3. The summed E-state index contributed by atoms with van der Waals surface area (Å²) in [7, 11) is 3.15. The van der Waals surface area contributed by atoms with Crippen molar-refractivity contribution in [1.82, 2.24) is 19.9 Å². The molecule has 30 heavy (non-hydrogen) atoms. The van der Waals surface area contributed by atoms with E-state index in [1.807, 2.05) is 18.3 Å². The summed E-state index contributed by atoms with van der Waals surface area (Å²) in [5.41, 5.74) is 2.45. The van der Waals surface area contributed by atoms with Gasteiger partial charge in [-0.25, -0.2) is 14.8 Å². The summed E-state index contributed by atoms with van der Waals surface area (Å²) in [4.78, 5) is 21.7. The Labute approximate surface area is 175 Å². The van der Waals surface area contributed by atoms with E-state index in [-0.39, 0.29) is 6.03 Å². The van der Waals surface area contributed by atoms with Gasteiger partial charge in [0.15, 0.2) is 5.65 Å². The number of methoxy groups -OCH3 is 2. The monoisotopic (exact) mass is 409 g/mol. The molecule has 8 heteroatoms. The number of nitrogens with one attached hydrogen (secondary N) is 2. The van der Waals surface area contributed by atoms with E-state index in [0.717, 1.165) is 29.8 Å². The molecule has 1 saturated carbocycles. The van der Waals surface area contributed by atoms with Crippen LogP contribution in [0.25, 0.3) is 11.2 Å². The molecule has 1 aliphatic rings. The van der Waals surface area contributed by atoms with Gasteiger partial charge in [0.1, 0.15) is 22.8 Å². The number of amides is 2. The van der Waals surface area contributed by atoms with Crippen LogP contribution in [0.4, 0.5) is 10.5 Å². The summed E-state index contributed by atoms with van der Waals surface area (Å²) in [5.74, 6) is 2.20. The van der Waals surface area contributed by atoms with Crippen molar-refractivity contribution in [1.29, 1.82) is 0 Å². The molecule has 2 N–H and O–H groups in total. The molecule has 0 saturated heterocycles. The predicted molar refractivity (Wildman–Crippen MR) is 115 cm³/mol. The molecule has 158 valence electrons. The van der Waals surface area contributed by atoms with Crippen LogP contribution in [0.5, 0.6) is 11.5 Å². The highest BCUT2D eigenvalue weighted by molar-refractivity contribution is 5.89. The lowest BCUT2D eigenvalue weighted by molar-refractivity contribution is 0.252. The first kappa shape index (κ1) is 20.0. The molecule has 2 amide bonds. The van der Waals surface area contributed by atoms with E-state index < -0.39 is 0 Å². The maximum Gasteiger partial charge on any atom is 0.319 e. The van der Waals surface area contributed by atoms with Gasteiger partial charge in [-0.15, -0.1) is 0 Å². The smallest absolute Gasteiger partial charge is 0.319 e. The van der Waals surface area contributed by atoms with Crippen LogP contribution >= 0.6 is 0 Å². The maximum atomic E-state index is 12.4. The molecule has 0 atom stereocenters. The minimum Gasteiger partial charge on any atom is -0.497 e. The third kappa shape index (κ3) is 4.32. The van der Waals surface area contributed by atoms with Crippen molar-refractivity contribution in [2.45, 2.75) is 38.1 Å². The zero-order valence-electron chi connectivity index (χ0n) is 17.4. The lowest BCUT2D eigenvalue weighted by Crippen LogP contribution is -2.31. The van der Waals surface area contributed by atoms with Crippen LogP contribution in [-0.4, -0.2) is 41.3 Å². The summed E-state index contributed by atoms with van der Waals surface area (Å²) in [6.45, 7) is 0.475. The summed E-state index contributed by atoms with van der Waals surface area (Å²) in [6.07, 6.45) is 7.23. The van der Waals surface area contributed by atoms with E-state index >= 15 is 0 Å². The van der Waals surface area contributed by atoms with Crippen molar-refractivity contribution in [2.24, 2.45) is 0 Å². The number of pyridine rings is 1. The van der Waals surface area contributed by atoms with Gasteiger partial charge in [-0.3, -0.25) is 0 Å². The van der Waals surface area contributed by atoms with Crippen molar-refractivity contribution in [3.05, 3.63) is 42.4 Å². The molecule has 0 bridgehead atoms. The van der Waals surface area contributed by atoms with E-state index in [2.05, 4.69) is 20.2 Å². The number of rotatable bonds is 7. The Hall–Kier alpha value is -3.29. The van der Waals surface area contributed by atoms with Gasteiger partial charge in [-0.05, 0) is 25.0 Å². The van der Waals surface area contributed by atoms with Crippen molar-refractivity contribution in [2.75, 3.05) is 26.1 Å². The number of carbonyl (C=O) groups excluding carboxylic acids is 1. The number of hydrogen-bond acceptors (Lipinski definition) is 5. The first-order valence-electron chi connectivity index (χ1n) is 10.3. The molecular formula is C22H27N5O3. The number of ether oxygens (including phenoxy) is 2. The van der Waals surface area contributed by atoms with Gasteiger partial charge >= 0.3 is 6.03 Å². The Kier molecular flexibility index (Phi) is 6.02. The van der Waals surface area contributed by atoms with E-state index in [9.17, 15) is 4.79 Å². The highest BCUT2D eigenvalue weighted by atomic mass is 16.5. The third-order valence-electron chi connectivity index (χ3n) is 5.46. The maximum absolute atomic E-state index is 12.4. The van der Waals surface area contributed by atoms with E-state index in [4.69, 9.17) is 14.5 Å². The minimum atomic E-state index is -0.285. The topological polar surface area (TPSA) is 90.3 Å². The van der Waals surface area contributed by atoms with Gasteiger partial charge < -0.3 is 24.7 Å². The molecule has 0 aliphatic heterocycles. The van der Waals surface area contributed by atoms with Gasteiger partial charge in [0.25, 0.3) is 0 Å². The number of urea groups is 1. The van der Waals surface area contributed by atoms with E-state index in [0.29, 0.717) is 36.2 Å². The number of benzene rings is 1. The number of imidazole rings is 1. The van der Waals surface area contributed by atoms with Crippen LogP contribution in [0.2, 0.25) is 0 Å². The van der Waals surface area contributed by atoms with Crippen molar-refractivity contribution < 1.29 is 14.3 Å². The molecule has 2 heterocycles. The number of fused-ring (bicyclic) bond motifs is 1. The molecule has 0 spiro atoms. The SMILES string of the molecule is COc1cc(NC(=O)NCCc2nc3cccnc3n2C2CCCC2)cc(OC)c1. The lowest BCUT2D eigenvalue weighted by atomic mass is 10.2. The van der Waals surface area contributed by atoms with E-state index in [1.54, 1.807) is 32.4 Å². The molecule has 2 aromatic heterocycles. The average Bonchev–Trinajstić information content (AvgIpc) is 3.40. The summed E-state index contributed by atoms with van der Waals surface area (Å²) < 4.78 is 12.8. The number of carbonyl (C=O) groups is 1. The Balaban J connectivity index is 1.41. The predicted octanol–water partition coefficient (Wildman–Crippen LogP) is 3.93. The summed E-state index contributed by atoms with van der Waals surface area (Å²) in [6, 6.07) is 9.30. The molecule has 1 fully saturated rings. The average molecular weight is 409 g/mol. The lowest BCUT2D eigenvalue weighted by Gasteiger charge is -2.16. The molecule has 1 aliphatic carbocycles. The molecule has 8 nitrogen and oxygen atoms in total. The second-order valence-corrected chi connectivity index (χ2v) is 7.41. The molecular weight excluding hydrogens is 382 g/mol. The second kappa shape index (κ2) is 9.02. The standard InChI is InChI=1S/C22H27N5O3/c1-29-17-12-15(13-18(14-17)30-2)25-22(28)24-11-9-20-26-19-8-5-10-23-21(19)27(20)16-6-3-4-7-16/h5,8,10,12-14,16H,3-4,6-7,9,11H2,1-2H3,(H2,24,25,28). The van der Waals surface area contributed by atoms with Crippen LogP contribution in [0.3, 0.4) is 0 Å². The van der Waals surface area contributed by atoms with Gasteiger partial charge in [0, 0.05) is 49.1 Å². The highest BCUT2D eigenvalue weighted by Gasteiger charge is 2.23. The number of hydrogen-bond donors (Lipinski definition) is 2. The van der Waals surface area contributed by atoms with Crippen molar-refractivity contribution in [3.63, 3.8) is 0 Å². The molecule has 1 aromatic carbocycles. The zero-order chi connectivity index (χ0) is 20.9. The number of anilines is 1. The Morgan fingerprint density at radius 2 is 1.90 bits per heavy atom. The molecule has 0 unspecified atom stereocenters. The van der Waals surface area contributed by atoms with Crippen LogP contribution < -0.4 is 20.1 Å². The fourth-order valence-corrected chi connectivity index (χ4v) is 4.04. The second-order valence-electron chi connectivity index (χ2n) is 7.41.